The van der Waals surface area contributed by atoms with Crippen molar-refractivity contribution in [3.63, 3.8) is 0 Å². The predicted molar refractivity (Wildman–Crippen MR) is 105 cm³/mol. The van der Waals surface area contributed by atoms with E-state index in [1.54, 1.807) is 0 Å². The van der Waals surface area contributed by atoms with Gasteiger partial charge in [-0.25, -0.2) is 0 Å². The van der Waals surface area contributed by atoms with Crippen molar-refractivity contribution < 1.29 is 19.7 Å². The van der Waals surface area contributed by atoms with Crippen LogP contribution in [0.2, 0.25) is 0 Å². The third-order valence-corrected chi connectivity index (χ3v) is 4.83. The summed E-state index contributed by atoms with van der Waals surface area (Å²) < 4.78 is 11.2. The van der Waals surface area contributed by atoms with Gasteiger partial charge in [0, 0.05) is 25.2 Å². The SMILES string of the molecule is OC(COc1ccccc1C(O)CCc1ccccc1)CN1CCOCC1. The normalized spacial score (nSPS) is 17.4. The first kappa shape index (κ1) is 19.8. The molecule has 2 N–H and O–H groups in total. The number of para-hydroxylation sites is 1. The highest BCUT2D eigenvalue weighted by Gasteiger charge is 2.17. The molecule has 0 radical (unpaired) electrons. The van der Waals surface area contributed by atoms with Gasteiger partial charge >= 0.3 is 0 Å². The second kappa shape index (κ2) is 10.4. The molecule has 0 amide bonds. The van der Waals surface area contributed by atoms with Crippen LogP contribution in [0, 0.1) is 0 Å². The number of aliphatic hydroxyl groups excluding tert-OH is 2. The van der Waals surface area contributed by atoms with Gasteiger partial charge in [0.05, 0.1) is 19.3 Å². The number of β-amino-alcohol motifs (C(OH)–C–C–N with tert-alkyl or cyclic N) is 1. The highest BCUT2D eigenvalue weighted by molar-refractivity contribution is 5.35. The molecule has 0 aliphatic carbocycles. The van der Waals surface area contributed by atoms with E-state index >= 15 is 0 Å². The van der Waals surface area contributed by atoms with Crippen molar-refractivity contribution in [2.45, 2.75) is 25.0 Å². The maximum absolute atomic E-state index is 10.6. The van der Waals surface area contributed by atoms with E-state index in [0.717, 1.165) is 25.1 Å². The highest BCUT2D eigenvalue weighted by Crippen LogP contribution is 2.28. The largest absolute Gasteiger partial charge is 0.490 e. The first-order chi connectivity index (χ1) is 13.2. The molecule has 146 valence electrons. The molecule has 1 saturated heterocycles. The van der Waals surface area contributed by atoms with Gasteiger partial charge in [-0.15, -0.1) is 0 Å². The summed E-state index contributed by atoms with van der Waals surface area (Å²) in [5, 5.41) is 20.9. The zero-order chi connectivity index (χ0) is 18.9. The van der Waals surface area contributed by atoms with Gasteiger partial charge in [-0.05, 0) is 24.5 Å². The zero-order valence-electron chi connectivity index (χ0n) is 15.7. The molecule has 3 rings (SSSR count). The van der Waals surface area contributed by atoms with Gasteiger partial charge in [-0.2, -0.15) is 0 Å². The molecule has 5 nitrogen and oxygen atoms in total. The average molecular weight is 371 g/mol. The van der Waals surface area contributed by atoms with Gasteiger partial charge in [0.15, 0.2) is 0 Å². The standard InChI is InChI=1S/C22H29NO4/c24-19(16-23-12-14-26-15-13-23)17-27-22-9-5-4-8-20(22)21(25)11-10-18-6-2-1-3-7-18/h1-9,19,21,24-25H,10-17H2. The van der Waals surface area contributed by atoms with Crippen molar-refractivity contribution in [2.75, 3.05) is 39.5 Å². The van der Waals surface area contributed by atoms with E-state index in [2.05, 4.69) is 17.0 Å². The maximum atomic E-state index is 10.6. The minimum Gasteiger partial charge on any atom is -0.490 e. The minimum atomic E-state index is -0.599. The first-order valence-electron chi connectivity index (χ1n) is 9.64. The van der Waals surface area contributed by atoms with Crippen molar-refractivity contribution in [1.29, 1.82) is 0 Å². The number of morpholine rings is 1. The summed E-state index contributed by atoms with van der Waals surface area (Å²) in [5.41, 5.74) is 1.97. The highest BCUT2D eigenvalue weighted by atomic mass is 16.5. The number of rotatable bonds is 9. The van der Waals surface area contributed by atoms with E-state index in [9.17, 15) is 10.2 Å². The smallest absolute Gasteiger partial charge is 0.125 e. The third kappa shape index (κ3) is 6.33. The third-order valence-electron chi connectivity index (χ3n) is 4.83. The quantitative estimate of drug-likeness (QED) is 0.709. The zero-order valence-corrected chi connectivity index (χ0v) is 15.7. The van der Waals surface area contributed by atoms with Gasteiger partial charge in [0.1, 0.15) is 18.5 Å². The van der Waals surface area contributed by atoms with Crippen molar-refractivity contribution in [3.05, 3.63) is 65.7 Å². The summed E-state index contributed by atoms with van der Waals surface area (Å²) >= 11 is 0. The van der Waals surface area contributed by atoms with Crippen LogP contribution in [-0.4, -0.2) is 60.7 Å². The summed E-state index contributed by atoms with van der Waals surface area (Å²) in [6, 6.07) is 17.7. The molecule has 0 bridgehead atoms. The Kier molecular flexibility index (Phi) is 7.66. The van der Waals surface area contributed by atoms with E-state index in [-0.39, 0.29) is 6.61 Å². The number of hydrogen-bond donors (Lipinski definition) is 2. The van der Waals surface area contributed by atoms with Crippen molar-refractivity contribution in [2.24, 2.45) is 0 Å². The lowest BCUT2D eigenvalue weighted by Crippen LogP contribution is -2.42. The van der Waals surface area contributed by atoms with E-state index in [1.165, 1.54) is 5.56 Å². The van der Waals surface area contributed by atoms with E-state index in [0.29, 0.717) is 31.9 Å². The van der Waals surface area contributed by atoms with Crippen molar-refractivity contribution in [3.8, 4) is 5.75 Å². The van der Waals surface area contributed by atoms with Crippen molar-refractivity contribution in [1.82, 2.24) is 4.90 Å². The molecule has 2 aromatic rings. The molecule has 1 fully saturated rings. The summed E-state index contributed by atoms with van der Waals surface area (Å²) in [5.74, 6) is 0.638. The Labute approximate surface area is 161 Å². The molecule has 0 spiro atoms. The number of hydrogen-bond acceptors (Lipinski definition) is 5. The van der Waals surface area contributed by atoms with Crippen LogP contribution in [0.1, 0.15) is 23.7 Å². The molecule has 0 saturated carbocycles. The topological polar surface area (TPSA) is 62.2 Å². The monoisotopic (exact) mass is 371 g/mol. The molecule has 2 aromatic carbocycles. The minimum absolute atomic E-state index is 0.208. The van der Waals surface area contributed by atoms with Crippen LogP contribution in [0.4, 0.5) is 0 Å². The fraction of sp³-hybridized carbons (Fsp3) is 0.455. The summed E-state index contributed by atoms with van der Waals surface area (Å²) in [7, 11) is 0. The van der Waals surface area contributed by atoms with E-state index in [1.807, 2.05) is 42.5 Å². The second-order valence-electron chi connectivity index (χ2n) is 6.96. The molecule has 0 aromatic heterocycles. The fourth-order valence-corrected chi connectivity index (χ4v) is 3.31. The molecular formula is C22H29NO4. The number of aliphatic hydroxyl groups is 2. The van der Waals surface area contributed by atoms with Gasteiger partial charge in [-0.1, -0.05) is 48.5 Å². The fourth-order valence-electron chi connectivity index (χ4n) is 3.31. The van der Waals surface area contributed by atoms with Crippen LogP contribution in [-0.2, 0) is 11.2 Å². The van der Waals surface area contributed by atoms with Crippen LogP contribution in [0.25, 0.3) is 0 Å². The number of benzene rings is 2. The van der Waals surface area contributed by atoms with Crippen molar-refractivity contribution >= 4 is 0 Å². The second-order valence-corrected chi connectivity index (χ2v) is 6.96. The molecule has 1 aliphatic rings. The van der Waals surface area contributed by atoms with E-state index < -0.39 is 12.2 Å². The lowest BCUT2D eigenvalue weighted by molar-refractivity contribution is 0.00431. The Bertz CT molecular complexity index is 673. The Hall–Kier alpha value is -1.92. The van der Waals surface area contributed by atoms with Crippen LogP contribution >= 0.6 is 0 Å². The lowest BCUT2D eigenvalue weighted by Gasteiger charge is -2.28. The number of aryl methyl sites for hydroxylation is 1. The Morgan fingerprint density at radius 2 is 1.67 bits per heavy atom. The maximum Gasteiger partial charge on any atom is 0.125 e. The lowest BCUT2D eigenvalue weighted by atomic mass is 10.0. The molecule has 27 heavy (non-hydrogen) atoms. The van der Waals surface area contributed by atoms with Gasteiger partial charge in [0.25, 0.3) is 0 Å². The van der Waals surface area contributed by atoms with Gasteiger partial charge in [0.2, 0.25) is 0 Å². The summed E-state index contributed by atoms with van der Waals surface area (Å²) in [6.45, 7) is 3.88. The molecule has 2 unspecified atom stereocenters. The first-order valence-corrected chi connectivity index (χ1v) is 9.64. The van der Waals surface area contributed by atoms with Crippen LogP contribution in [0.3, 0.4) is 0 Å². The predicted octanol–water partition coefficient (Wildman–Crippen LogP) is 2.42. The molecular weight excluding hydrogens is 342 g/mol. The van der Waals surface area contributed by atoms with Crippen LogP contribution in [0.15, 0.2) is 54.6 Å². The van der Waals surface area contributed by atoms with Crippen LogP contribution < -0.4 is 4.74 Å². The summed E-state index contributed by atoms with van der Waals surface area (Å²) in [6.07, 6.45) is 0.256. The molecule has 1 heterocycles. The molecule has 2 atom stereocenters. The molecule has 1 aliphatic heterocycles. The average Bonchev–Trinajstić information content (AvgIpc) is 2.72. The number of ether oxygens (including phenoxy) is 2. The van der Waals surface area contributed by atoms with Crippen LogP contribution in [0.5, 0.6) is 5.75 Å². The Morgan fingerprint density at radius 3 is 2.44 bits per heavy atom. The number of nitrogens with zero attached hydrogens (tertiary/aromatic N) is 1. The summed E-state index contributed by atoms with van der Waals surface area (Å²) in [4.78, 5) is 2.18. The molecule has 5 heteroatoms. The van der Waals surface area contributed by atoms with Gasteiger partial charge in [-0.3, -0.25) is 4.90 Å². The Balaban J connectivity index is 1.51. The van der Waals surface area contributed by atoms with Gasteiger partial charge < -0.3 is 19.7 Å². The van der Waals surface area contributed by atoms with E-state index in [4.69, 9.17) is 9.47 Å². The Morgan fingerprint density at radius 1 is 0.963 bits per heavy atom.